The molecule has 0 bridgehead atoms. The first-order valence-electron chi connectivity index (χ1n) is 7.45. The molecule has 1 aromatic carbocycles. The standard InChI is InChI=1S/C17H20ClN3O/c1-22-15-5-4-14(16(18)9-15)12-21-8-7-20-11-17(21)13-3-2-6-19-10-13/h2-6,9-10,17,20H,7-8,11-12H2,1H3. The maximum atomic E-state index is 6.39. The van der Waals surface area contributed by atoms with Crippen LogP contribution in [0.1, 0.15) is 17.2 Å². The number of hydrogen-bond acceptors (Lipinski definition) is 4. The molecule has 1 atom stereocenters. The van der Waals surface area contributed by atoms with Crippen LogP contribution in [0.5, 0.6) is 5.75 Å². The zero-order valence-corrected chi connectivity index (χ0v) is 13.4. The lowest BCUT2D eigenvalue weighted by molar-refractivity contribution is 0.153. The summed E-state index contributed by atoms with van der Waals surface area (Å²) >= 11 is 6.39. The van der Waals surface area contributed by atoms with E-state index >= 15 is 0 Å². The lowest BCUT2D eigenvalue weighted by Gasteiger charge is -2.36. The van der Waals surface area contributed by atoms with E-state index in [0.717, 1.165) is 42.5 Å². The Kier molecular flexibility index (Phi) is 4.93. The van der Waals surface area contributed by atoms with Crippen molar-refractivity contribution in [3.8, 4) is 5.75 Å². The average molecular weight is 318 g/mol. The van der Waals surface area contributed by atoms with Crippen molar-refractivity contribution in [2.24, 2.45) is 0 Å². The molecule has 1 aliphatic rings. The first-order chi connectivity index (χ1) is 10.8. The quantitative estimate of drug-likeness (QED) is 0.941. The second-order valence-corrected chi connectivity index (χ2v) is 5.84. The third-order valence-corrected chi connectivity index (χ3v) is 4.41. The van der Waals surface area contributed by atoms with Gasteiger partial charge in [-0.05, 0) is 29.3 Å². The number of pyridine rings is 1. The molecule has 1 N–H and O–H groups in total. The molecule has 22 heavy (non-hydrogen) atoms. The van der Waals surface area contributed by atoms with Gasteiger partial charge < -0.3 is 10.1 Å². The molecule has 2 aromatic rings. The summed E-state index contributed by atoms with van der Waals surface area (Å²) in [4.78, 5) is 6.69. The molecule has 0 saturated carbocycles. The minimum absolute atomic E-state index is 0.320. The second-order valence-electron chi connectivity index (χ2n) is 5.43. The van der Waals surface area contributed by atoms with Crippen LogP contribution in [0.15, 0.2) is 42.7 Å². The van der Waals surface area contributed by atoms with E-state index in [1.807, 2.05) is 36.7 Å². The van der Waals surface area contributed by atoms with Crippen molar-refractivity contribution >= 4 is 11.6 Å². The normalized spacial score (nSPS) is 19.1. The number of halogens is 1. The summed E-state index contributed by atoms with van der Waals surface area (Å²) in [5.74, 6) is 0.790. The zero-order valence-electron chi connectivity index (χ0n) is 12.6. The van der Waals surface area contributed by atoms with E-state index in [1.165, 1.54) is 5.56 Å². The Morgan fingerprint density at radius 3 is 3.05 bits per heavy atom. The lowest BCUT2D eigenvalue weighted by atomic mass is 10.0. The number of nitrogens with one attached hydrogen (secondary N) is 1. The van der Waals surface area contributed by atoms with E-state index in [0.29, 0.717) is 6.04 Å². The van der Waals surface area contributed by atoms with Crippen molar-refractivity contribution in [2.45, 2.75) is 12.6 Å². The van der Waals surface area contributed by atoms with Crippen LogP contribution in [0.2, 0.25) is 5.02 Å². The molecular weight excluding hydrogens is 298 g/mol. The van der Waals surface area contributed by atoms with Gasteiger partial charge in [0.15, 0.2) is 0 Å². The Morgan fingerprint density at radius 2 is 2.32 bits per heavy atom. The van der Waals surface area contributed by atoms with Gasteiger partial charge in [0.2, 0.25) is 0 Å². The number of hydrogen-bond donors (Lipinski definition) is 1. The van der Waals surface area contributed by atoms with Crippen molar-refractivity contribution in [2.75, 3.05) is 26.7 Å². The highest BCUT2D eigenvalue weighted by Gasteiger charge is 2.24. The Bertz CT molecular complexity index is 621. The van der Waals surface area contributed by atoms with E-state index in [4.69, 9.17) is 16.3 Å². The maximum absolute atomic E-state index is 6.39. The molecule has 3 rings (SSSR count). The highest BCUT2D eigenvalue weighted by molar-refractivity contribution is 6.31. The monoisotopic (exact) mass is 317 g/mol. The predicted molar refractivity (Wildman–Crippen MR) is 88.3 cm³/mol. The zero-order chi connectivity index (χ0) is 15.4. The molecule has 5 heteroatoms. The van der Waals surface area contributed by atoms with Crippen molar-refractivity contribution in [3.05, 3.63) is 58.9 Å². The molecule has 2 heterocycles. The summed E-state index contributed by atoms with van der Waals surface area (Å²) < 4.78 is 5.21. The largest absolute Gasteiger partial charge is 0.497 e. The van der Waals surface area contributed by atoms with Gasteiger partial charge in [0.1, 0.15) is 5.75 Å². The summed E-state index contributed by atoms with van der Waals surface area (Å²) in [5.41, 5.74) is 2.36. The Morgan fingerprint density at radius 1 is 1.41 bits per heavy atom. The van der Waals surface area contributed by atoms with Crippen LogP contribution in [0.3, 0.4) is 0 Å². The molecule has 1 fully saturated rings. The first kappa shape index (κ1) is 15.3. The summed E-state index contributed by atoms with van der Waals surface area (Å²) in [7, 11) is 1.65. The number of methoxy groups -OCH3 is 1. The molecule has 0 spiro atoms. The highest BCUT2D eigenvalue weighted by Crippen LogP contribution is 2.28. The third kappa shape index (κ3) is 3.40. The summed E-state index contributed by atoms with van der Waals surface area (Å²) in [6.45, 7) is 3.73. The van der Waals surface area contributed by atoms with Gasteiger partial charge in [-0.15, -0.1) is 0 Å². The molecule has 4 nitrogen and oxygen atoms in total. The summed E-state index contributed by atoms with van der Waals surface area (Å²) in [6.07, 6.45) is 3.75. The number of rotatable bonds is 4. The van der Waals surface area contributed by atoms with Crippen LogP contribution in [0.25, 0.3) is 0 Å². The van der Waals surface area contributed by atoms with Crippen molar-refractivity contribution in [1.29, 1.82) is 0 Å². The number of ether oxygens (including phenoxy) is 1. The molecule has 1 saturated heterocycles. The summed E-state index contributed by atoms with van der Waals surface area (Å²) in [6, 6.07) is 10.3. The number of benzene rings is 1. The van der Waals surface area contributed by atoms with E-state index in [-0.39, 0.29) is 0 Å². The Balaban J connectivity index is 1.80. The second kappa shape index (κ2) is 7.09. The third-order valence-electron chi connectivity index (χ3n) is 4.06. The van der Waals surface area contributed by atoms with Gasteiger partial charge in [-0.1, -0.05) is 23.7 Å². The Hall–Kier alpha value is -1.62. The van der Waals surface area contributed by atoms with Crippen LogP contribution in [-0.2, 0) is 6.54 Å². The molecule has 0 aliphatic carbocycles. The number of nitrogens with zero attached hydrogens (tertiary/aromatic N) is 2. The minimum Gasteiger partial charge on any atom is -0.497 e. The van der Waals surface area contributed by atoms with Crippen molar-refractivity contribution in [3.63, 3.8) is 0 Å². The van der Waals surface area contributed by atoms with Crippen LogP contribution in [0, 0.1) is 0 Å². The fraction of sp³-hybridized carbons (Fsp3) is 0.353. The van der Waals surface area contributed by atoms with Gasteiger partial charge in [-0.3, -0.25) is 9.88 Å². The van der Waals surface area contributed by atoms with Crippen molar-refractivity contribution in [1.82, 2.24) is 15.2 Å². The van der Waals surface area contributed by atoms with Gasteiger partial charge in [-0.2, -0.15) is 0 Å². The smallest absolute Gasteiger partial charge is 0.120 e. The molecule has 0 radical (unpaired) electrons. The first-order valence-corrected chi connectivity index (χ1v) is 7.83. The van der Waals surface area contributed by atoms with E-state index < -0.39 is 0 Å². The predicted octanol–water partition coefficient (Wildman–Crippen LogP) is 2.89. The Labute approximate surface area is 136 Å². The molecule has 1 unspecified atom stereocenters. The topological polar surface area (TPSA) is 37.4 Å². The maximum Gasteiger partial charge on any atom is 0.120 e. The van der Waals surface area contributed by atoms with E-state index in [1.54, 1.807) is 7.11 Å². The van der Waals surface area contributed by atoms with Crippen LogP contribution in [-0.4, -0.2) is 36.6 Å². The minimum atomic E-state index is 0.320. The van der Waals surface area contributed by atoms with Gasteiger partial charge in [-0.25, -0.2) is 0 Å². The molecule has 1 aromatic heterocycles. The highest BCUT2D eigenvalue weighted by atomic mass is 35.5. The number of aromatic nitrogens is 1. The molecule has 1 aliphatic heterocycles. The molecule has 116 valence electrons. The molecular formula is C17H20ClN3O. The molecule has 0 amide bonds. The van der Waals surface area contributed by atoms with Gasteiger partial charge in [0, 0.05) is 49.6 Å². The van der Waals surface area contributed by atoms with Gasteiger partial charge >= 0.3 is 0 Å². The average Bonchev–Trinajstić information content (AvgIpc) is 2.58. The van der Waals surface area contributed by atoms with Gasteiger partial charge in [0.05, 0.1) is 7.11 Å². The summed E-state index contributed by atoms with van der Waals surface area (Å²) in [5, 5.41) is 4.21. The fourth-order valence-corrected chi connectivity index (χ4v) is 3.07. The fourth-order valence-electron chi connectivity index (χ4n) is 2.84. The lowest BCUT2D eigenvalue weighted by Crippen LogP contribution is -2.45. The van der Waals surface area contributed by atoms with Crippen LogP contribution >= 0.6 is 11.6 Å². The van der Waals surface area contributed by atoms with Crippen LogP contribution < -0.4 is 10.1 Å². The SMILES string of the molecule is COc1ccc(CN2CCNCC2c2cccnc2)c(Cl)c1. The van der Waals surface area contributed by atoms with E-state index in [2.05, 4.69) is 21.3 Å². The van der Waals surface area contributed by atoms with Crippen molar-refractivity contribution < 1.29 is 4.74 Å². The van der Waals surface area contributed by atoms with Gasteiger partial charge in [0.25, 0.3) is 0 Å². The number of piperazine rings is 1. The van der Waals surface area contributed by atoms with E-state index in [9.17, 15) is 0 Å². The van der Waals surface area contributed by atoms with Crippen LogP contribution in [0.4, 0.5) is 0 Å².